The lowest BCUT2D eigenvalue weighted by atomic mass is 10.1. The molecule has 0 spiro atoms. The molecule has 7 heteroatoms. The Kier molecular flexibility index (Phi) is 6.77. The molecule has 0 aromatic heterocycles. The Morgan fingerprint density at radius 1 is 1.31 bits per heavy atom. The second-order valence-electron chi connectivity index (χ2n) is 6.46. The van der Waals surface area contributed by atoms with Gasteiger partial charge in [-0.15, -0.1) is 0 Å². The normalized spacial score (nSPS) is 13.8. The third-order valence-corrected chi connectivity index (χ3v) is 4.77. The number of hydrogen-bond donors (Lipinski definition) is 1. The van der Waals surface area contributed by atoms with Crippen LogP contribution in [0.4, 0.5) is 11.4 Å². The average molecular weight is 415 g/mol. The summed E-state index contributed by atoms with van der Waals surface area (Å²) >= 11 is 6.25. The Morgan fingerprint density at radius 2 is 2.10 bits per heavy atom. The van der Waals surface area contributed by atoms with E-state index >= 15 is 0 Å². The van der Waals surface area contributed by atoms with E-state index in [4.69, 9.17) is 21.1 Å². The Bertz CT molecular complexity index is 942. The van der Waals surface area contributed by atoms with Crippen molar-refractivity contribution in [1.29, 1.82) is 0 Å². The smallest absolute Gasteiger partial charge is 0.248 e. The third-order valence-electron chi connectivity index (χ3n) is 4.49. The van der Waals surface area contributed by atoms with E-state index in [1.54, 1.807) is 29.2 Å². The van der Waals surface area contributed by atoms with Crippen molar-refractivity contribution < 1.29 is 19.1 Å². The molecule has 1 aliphatic heterocycles. The van der Waals surface area contributed by atoms with E-state index in [0.29, 0.717) is 53.0 Å². The maximum absolute atomic E-state index is 12.5. The largest absolute Gasteiger partial charge is 0.491 e. The summed E-state index contributed by atoms with van der Waals surface area (Å²) in [6.45, 7) is 2.99. The highest BCUT2D eigenvalue weighted by Gasteiger charge is 2.23. The zero-order valence-corrected chi connectivity index (χ0v) is 17.2. The quantitative estimate of drug-likeness (QED) is 0.676. The molecular weight excluding hydrogens is 392 g/mol. The Morgan fingerprint density at radius 3 is 2.79 bits per heavy atom. The molecular formula is C22H23ClN2O4. The van der Waals surface area contributed by atoms with Gasteiger partial charge in [0.2, 0.25) is 11.8 Å². The summed E-state index contributed by atoms with van der Waals surface area (Å²) in [5.41, 5.74) is 2.01. The molecule has 2 aromatic carbocycles. The Balaban J connectivity index is 1.77. The molecule has 0 unspecified atom stereocenters. The van der Waals surface area contributed by atoms with Crippen LogP contribution in [-0.4, -0.2) is 32.1 Å². The fourth-order valence-electron chi connectivity index (χ4n) is 3.21. The minimum absolute atomic E-state index is 0.0681. The number of halogens is 1. The SMILES string of the molecule is CCOc1cc(/C=C/C(=O)Nc2ccccc2N2CCCC2=O)cc(Cl)c1OC. The van der Waals surface area contributed by atoms with Crippen molar-refractivity contribution in [2.75, 3.05) is 30.5 Å². The predicted molar refractivity (Wildman–Crippen MR) is 115 cm³/mol. The van der Waals surface area contributed by atoms with Crippen molar-refractivity contribution in [3.05, 3.63) is 53.1 Å². The molecule has 0 saturated carbocycles. The van der Waals surface area contributed by atoms with E-state index < -0.39 is 0 Å². The summed E-state index contributed by atoms with van der Waals surface area (Å²) in [5.74, 6) is 0.729. The van der Waals surface area contributed by atoms with Crippen LogP contribution in [0.3, 0.4) is 0 Å². The van der Waals surface area contributed by atoms with Crippen molar-refractivity contribution in [1.82, 2.24) is 0 Å². The van der Waals surface area contributed by atoms with Crippen LogP contribution in [0.1, 0.15) is 25.3 Å². The van der Waals surface area contributed by atoms with E-state index in [-0.39, 0.29) is 11.8 Å². The molecule has 3 rings (SSSR count). The molecule has 1 heterocycles. The fraction of sp³-hybridized carbons (Fsp3) is 0.273. The van der Waals surface area contributed by atoms with Crippen LogP contribution >= 0.6 is 11.6 Å². The highest BCUT2D eigenvalue weighted by Crippen LogP contribution is 2.36. The second kappa shape index (κ2) is 9.47. The number of methoxy groups -OCH3 is 1. The first-order valence-electron chi connectivity index (χ1n) is 9.42. The topological polar surface area (TPSA) is 67.9 Å². The molecule has 1 saturated heterocycles. The van der Waals surface area contributed by atoms with Crippen molar-refractivity contribution in [2.45, 2.75) is 19.8 Å². The monoisotopic (exact) mass is 414 g/mol. The van der Waals surface area contributed by atoms with Crippen molar-refractivity contribution in [3.8, 4) is 11.5 Å². The molecule has 0 bridgehead atoms. The van der Waals surface area contributed by atoms with Crippen molar-refractivity contribution in [3.63, 3.8) is 0 Å². The number of carbonyl (C=O) groups excluding carboxylic acids is 2. The highest BCUT2D eigenvalue weighted by atomic mass is 35.5. The second-order valence-corrected chi connectivity index (χ2v) is 6.86. The lowest BCUT2D eigenvalue weighted by Crippen LogP contribution is -2.25. The molecule has 1 aliphatic rings. The fourth-order valence-corrected chi connectivity index (χ4v) is 3.51. The molecule has 29 heavy (non-hydrogen) atoms. The van der Waals surface area contributed by atoms with Gasteiger partial charge in [0.25, 0.3) is 0 Å². The maximum Gasteiger partial charge on any atom is 0.248 e. The van der Waals surface area contributed by atoms with Crippen molar-refractivity contribution >= 4 is 40.9 Å². The van der Waals surface area contributed by atoms with E-state index in [1.807, 2.05) is 25.1 Å². The summed E-state index contributed by atoms with van der Waals surface area (Å²) in [6, 6.07) is 10.7. The van der Waals surface area contributed by atoms with Gasteiger partial charge in [0, 0.05) is 19.0 Å². The van der Waals surface area contributed by atoms with Gasteiger partial charge in [-0.3, -0.25) is 9.59 Å². The lowest BCUT2D eigenvalue weighted by Gasteiger charge is -2.19. The zero-order chi connectivity index (χ0) is 20.8. The summed E-state index contributed by atoms with van der Waals surface area (Å²) in [4.78, 5) is 26.2. The summed E-state index contributed by atoms with van der Waals surface area (Å²) < 4.78 is 10.8. The Labute approximate surface area is 175 Å². The Hall–Kier alpha value is -2.99. The van der Waals surface area contributed by atoms with Crippen molar-refractivity contribution in [2.24, 2.45) is 0 Å². The van der Waals surface area contributed by atoms with Crippen LogP contribution in [0.5, 0.6) is 11.5 Å². The molecule has 0 atom stereocenters. The lowest BCUT2D eigenvalue weighted by molar-refractivity contribution is -0.117. The molecule has 1 fully saturated rings. The van der Waals surface area contributed by atoms with Crippen LogP contribution in [0.2, 0.25) is 5.02 Å². The first-order chi connectivity index (χ1) is 14.0. The van der Waals surface area contributed by atoms with Gasteiger partial charge < -0.3 is 19.7 Å². The average Bonchev–Trinajstić information content (AvgIpc) is 3.13. The molecule has 2 aromatic rings. The van der Waals surface area contributed by atoms with Gasteiger partial charge >= 0.3 is 0 Å². The van der Waals surface area contributed by atoms with Crippen LogP contribution in [0, 0.1) is 0 Å². The number of hydrogen-bond acceptors (Lipinski definition) is 4. The molecule has 152 valence electrons. The first kappa shape index (κ1) is 20.7. The number of amides is 2. The van der Waals surface area contributed by atoms with Crippen LogP contribution < -0.4 is 19.7 Å². The summed E-state index contributed by atoms with van der Waals surface area (Å²) in [5, 5.41) is 3.25. The number of para-hydroxylation sites is 2. The minimum atomic E-state index is -0.311. The molecule has 1 N–H and O–H groups in total. The zero-order valence-electron chi connectivity index (χ0n) is 16.4. The maximum atomic E-state index is 12.5. The number of nitrogens with one attached hydrogen (secondary N) is 1. The molecule has 0 aliphatic carbocycles. The van der Waals surface area contributed by atoms with Gasteiger partial charge in [-0.25, -0.2) is 0 Å². The number of anilines is 2. The van der Waals surface area contributed by atoms with E-state index in [1.165, 1.54) is 13.2 Å². The number of rotatable bonds is 7. The summed E-state index contributed by atoms with van der Waals surface area (Å²) in [7, 11) is 1.52. The minimum Gasteiger partial charge on any atom is -0.491 e. The van der Waals surface area contributed by atoms with Gasteiger partial charge in [0.15, 0.2) is 11.5 Å². The van der Waals surface area contributed by atoms with Crippen LogP contribution in [0.15, 0.2) is 42.5 Å². The van der Waals surface area contributed by atoms with Gasteiger partial charge in [-0.2, -0.15) is 0 Å². The number of benzene rings is 2. The summed E-state index contributed by atoms with van der Waals surface area (Å²) in [6.07, 6.45) is 4.41. The predicted octanol–water partition coefficient (Wildman–Crippen LogP) is 4.53. The first-order valence-corrected chi connectivity index (χ1v) is 9.80. The molecule has 2 amide bonds. The number of carbonyl (C=O) groups is 2. The van der Waals surface area contributed by atoms with Gasteiger partial charge in [-0.05, 0) is 49.2 Å². The highest BCUT2D eigenvalue weighted by molar-refractivity contribution is 6.32. The van der Waals surface area contributed by atoms with Gasteiger partial charge in [-0.1, -0.05) is 23.7 Å². The third kappa shape index (κ3) is 4.90. The van der Waals surface area contributed by atoms with Gasteiger partial charge in [0.1, 0.15) is 0 Å². The molecule has 6 nitrogen and oxygen atoms in total. The van der Waals surface area contributed by atoms with E-state index in [2.05, 4.69) is 5.32 Å². The van der Waals surface area contributed by atoms with Crippen LogP contribution in [0.25, 0.3) is 6.08 Å². The number of nitrogens with zero attached hydrogens (tertiary/aromatic N) is 1. The molecule has 0 radical (unpaired) electrons. The van der Waals surface area contributed by atoms with Gasteiger partial charge in [0.05, 0.1) is 30.1 Å². The standard InChI is InChI=1S/C22H23ClN2O4/c1-3-29-19-14-15(13-16(23)22(19)28-2)10-11-20(26)24-17-7-4-5-8-18(17)25-12-6-9-21(25)27/h4-5,7-8,10-11,13-14H,3,6,9,12H2,1-2H3,(H,24,26)/b11-10+. The van der Waals surface area contributed by atoms with E-state index in [9.17, 15) is 9.59 Å². The van der Waals surface area contributed by atoms with E-state index in [0.717, 1.165) is 6.42 Å². The van der Waals surface area contributed by atoms with Crippen LogP contribution in [-0.2, 0) is 9.59 Å². The number of ether oxygens (including phenoxy) is 2.